The molecule has 6 heteroatoms. The van der Waals surface area contributed by atoms with Crippen molar-refractivity contribution in [1.82, 2.24) is 14.8 Å². The zero-order chi connectivity index (χ0) is 24.0. The molecule has 5 rings (SSSR count). The first-order chi connectivity index (χ1) is 17.2. The summed E-state index contributed by atoms with van der Waals surface area (Å²) in [6, 6.07) is 20.2. The third-order valence-corrected chi connectivity index (χ3v) is 6.55. The predicted octanol–water partition coefficient (Wildman–Crippen LogP) is 5.37. The second-order valence-corrected chi connectivity index (χ2v) is 8.96. The maximum atomic E-state index is 13.6. The van der Waals surface area contributed by atoms with E-state index in [2.05, 4.69) is 46.4 Å². The van der Waals surface area contributed by atoms with Crippen LogP contribution in [0.4, 0.5) is 5.69 Å². The van der Waals surface area contributed by atoms with Crippen LogP contribution in [0.25, 0.3) is 33.3 Å². The molecular formula is C29H31N5O. The number of benzene rings is 2. The van der Waals surface area contributed by atoms with E-state index >= 15 is 0 Å². The molecule has 1 aliphatic heterocycles. The minimum absolute atomic E-state index is 0.0669. The lowest BCUT2D eigenvalue weighted by Crippen LogP contribution is -2.25. The molecule has 2 N–H and O–H groups in total. The number of aromatic nitrogens is 3. The maximum absolute atomic E-state index is 13.6. The molecular weight excluding hydrogens is 434 g/mol. The van der Waals surface area contributed by atoms with E-state index in [1.165, 1.54) is 0 Å². The van der Waals surface area contributed by atoms with E-state index in [0.29, 0.717) is 18.7 Å². The van der Waals surface area contributed by atoms with Gasteiger partial charge in [-0.25, -0.2) is 4.68 Å². The summed E-state index contributed by atoms with van der Waals surface area (Å²) >= 11 is 0. The van der Waals surface area contributed by atoms with Crippen molar-refractivity contribution in [3.63, 3.8) is 0 Å². The lowest BCUT2D eigenvalue weighted by atomic mass is 10.00. The zero-order valence-electron chi connectivity index (χ0n) is 19.9. The molecule has 0 saturated heterocycles. The standard InChI is InChI=1S/C29H31N5O/c30-16-3-1-2-4-20-34-29(35)26(24-9-7-11-27-25(24)10-8-17-31-27)21-28(32-34)22-12-14-23(15-13-22)33-18-5-6-19-33/h5,7-15,17-18,21H,1-4,6,16,19-20,30H2. The highest BCUT2D eigenvalue weighted by Gasteiger charge is 2.15. The van der Waals surface area contributed by atoms with Crippen molar-refractivity contribution in [2.75, 3.05) is 18.0 Å². The molecule has 0 aliphatic carbocycles. The molecule has 0 fully saturated rings. The number of anilines is 1. The molecule has 0 radical (unpaired) electrons. The minimum Gasteiger partial charge on any atom is -0.348 e. The Morgan fingerprint density at radius 3 is 2.57 bits per heavy atom. The molecule has 0 amide bonds. The van der Waals surface area contributed by atoms with E-state index in [-0.39, 0.29) is 5.56 Å². The summed E-state index contributed by atoms with van der Waals surface area (Å²) in [5, 5.41) is 5.76. The molecule has 0 saturated carbocycles. The highest BCUT2D eigenvalue weighted by Crippen LogP contribution is 2.29. The van der Waals surface area contributed by atoms with Crippen molar-refractivity contribution in [2.45, 2.75) is 38.6 Å². The van der Waals surface area contributed by atoms with Crippen molar-refractivity contribution >= 4 is 16.6 Å². The number of unbranched alkanes of at least 4 members (excludes halogenated alkanes) is 3. The number of fused-ring (bicyclic) bond motifs is 1. The summed E-state index contributed by atoms with van der Waals surface area (Å²) in [5.74, 6) is 0. The fourth-order valence-corrected chi connectivity index (χ4v) is 4.65. The lowest BCUT2D eigenvalue weighted by molar-refractivity contribution is 0.519. The van der Waals surface area contributed by atoms with Gasteiger partial charge in [-0.2, -0.15) is 5.10 Å². The van der Waals surface area contributed by atoms with Crippen molar-refractivity contribution < 1.29 is 0 Å². The summed E-state index contributed by atoms with van der Waals surface area (Å²) in [4.78, 5) is 20.3. The van der Waals surface area contributed by atoms with Gasteiger partial charge in [0.05, 0.1) is 16.8 Å². The van der Waals surface area contributed by atoms with Gasteiger partial charge in [0.25, 0.3) is 5.56 Å². The van der Waals surface area contributed by atoms with Gasteiger partial charge in [-0.3, -0.25) is 9.78 Å². The average Bonchev–Trinajstić information content (AvgIpc) is 3.44. The maximum Gasteiger partial charge on any atom is 0.274 e. The zero-order valence-corrected chi connectivity index (χ0v) is 19.9. The Balaban J connectivity index is 1.55. The molecule has 0 bridgehead atoms. The molecule has 1 aliphatic rings. The molecule has 0 spiro atoms. The van der Waals surface area contributed by atoms with E-state index in [1.807, 2.05) is 36.4 Å². The Kier molecular flexibility index (Phi) is 7.00. The molecule has 3 heterocycles. The number of aryl methyl sites for hydroxylation is 1. The first-order valence-corrected chi connectivity index (χ1v) is 12.4. The Bertz CT molecular complexity index is 1390. The number of nitrogens with zero attached hydrogens (tertiary/aromatic N) is 4. The highest BCUT2D eigenvalue weighted by molar-refractivity contribution is 5.94. The number of hydrogen-bond acceptors (Lipinski definition) is 5. The van der Waals surface area contributed by atoms with Crippen molar-refractivity contribution in [2.24, 2.45) is 5.73 Å². The first kappa shape index (κ1) is 23.0. The lowest BCUT2D eigenvalue weighted by Gasteiger charge is -2.16. The van der Waals surface area contributed by atoms with E-state index < -0.39 is 0 Å². The Hall–Kier alpha value is -3.77. The van der Waals surface area contributed by atoms with E-state index in [9.17, 15) is 4.79 Å². The third kappa shape index (κ3) is 5.03. The average molecular weight is 466 g/mol. The van der Waals surface area contributed by atoms with E-state index in [0.717, 1.165) is 72.1 Å². The van der Waals surface area contributed by atoms with Crippen LogP contribution in [0.15, 0.2) is 83.9 Å². The van der Waals surface area contributed by atoms with Gasteiger partial charge in [0.1, 0.15) is 0 Å². The van der Waals surface area contributed by atoms with Crippen LogP contribution in [0.1, 0.15) is 32.1 Å². The normalized spacial score (nSPS) is 13.1. The van der Waals surface area contributed by atoms with Crippen LogP contribution in [-0.2, 0) is 6.54 Å². The van der Waals surface area contributed by atoms with E-state index in [1.54, 1.807) is 10.9 Å². The van der Waals surface area contributed by atoms with Gasteiger partial charge in [-0.05, 0) is 61.7 Å². The quantitative estimate of drug-likeness (QED) is 0.336. The number of rotatable bonds is 9. The van der Waals surface area contributed by atoms with Crippen LogP contribution >= 0.6 is 0 Å². The second kappa shape index (κ2) is 10.7. The van der Waals surface area contributed by atoms with Gasteiger partial charge in [0, 0.05) is 42.1 Å². The molecule has 6 nitrogen and oxygen atoms in total. The Morgan fingerprint density at radius 1 is 0.914 bits per heavy atom. The SMILES string of the molecule is NCCCCCCn1nc(-c2ccc(N3C=CCC3)cc2)cc(-c2cccc3ncccc23)c1=O. The summed E-state index contributed by atoms with van der Waals surface area (Å²) in [7, 11) is 0. The first-order valence-electron chi connectivity index (χ1n) is 12.4. The fourth-order valence-electron chi connectivity index (χ4n) is 4.65. The van der Waals surface area contributed by atoms with Crippen LogP contribution in [-0.4, -0.2) is 27.9 Å². The van der Waals surface area contributed by atoms with Gasteiger partial charge < -0.3 is 10.6 Å². The number of hydrogen-bond donors (Lipinski definition) is 1. The number of nitrogens with two attached hydrogens (primary N) is 1. The molecule has 4 aromatic rings. The highest BCUT2D eigenvalue weighted by atomic mass is 16.1. The van der Waals surface area contributed by atoms with Crippen molar-refractivity contribution in [1.29, 1.82) is 0 Å². The monoisotopic (exact) mass is 465 g/mol. The van der Waals surface area contributed by atoms with Crippen molar-refractivity contribution in [3.05, 3.63) is 89.5 Å². The topological polar surface area (TPSA) is 77.0 Å². The summed E-state index contributed by atoms with van der Waals surface area (Å²) in [5.41, 5.74) is 10.9. The van der Waals surface area contributed by atoms with Crippen LogP contribution < -0.4 is 16.2 Å². The Morgan fingerprint density at radius 2 is 1.77 bits per heavy atom. The van der Waals surface area contributed by atoms with Gasteiger partial charge in [0.15, 0.2) is 0 Å². The summed E-state index contributed by atoms with van der Waals surface area (Å²) in [6.07, 6.45) is 11.2. The number of pyridine rings is 1. The minimum atomic E-state index is -0.0669. The summed E-state index contributed by atoms with van der Waals surface area (Å²) < 4.78 is 1.64. The molecule has 2 aromatic carbocycles. The van der Waals surface area contributed by atoms with Gasteiger partial charge >= 0.3 is 0 Å². The second-order valence-electron chi connectivity index (χ2n) is 8.96. The van der Waals surface area contributed by atoms with E-state index in [4.69, 9.17) is 10.8 Å². The largest absolute Gasteiger partial charge is 0.348 e. The molecule has 178 valence electrons. The third-order valence-electron chi connectivity index (χ3n) is 6.55. The van der Waals surface area contributed by atoms with Crippen LogP contribution in [0.5, 0.6) is 0 Å². The fraction of sp³-hybridized carbons (Fsp3) is 0.276. The van der Waals surface area contributed by atoms with Crippen LogP contribution in [0, 0.1) is 0 Å². The molecule has 0 unspecified atom stereocenters. The molecule has 2 aromatic heterocycles. The van der Waals surface area contributed by atoms with Gasteiger partial charge in [-0.15, -0.1) is 0 Å². The van der Waals surface area contributed by atoms with Crippen LogP contribution in [0.2, 0.25) is 0 Å². The van der Waals surface area contributed by atoms with Gasteiger partial charge in [-0.1, -0.05) is 49.2 Å². The smallest absolute Gasteiger partial charge is 0.274 e. The molecule has 35 heavy (non-hydrogen) atoms. The Labute approximate surface area is 205 Å². The predicted molar refractivity (Wildman–Crippen MR) is 143 cm³/mol. The van der Waals surface area contributed by atoms with Crippen molar-refractivity contribution in [3.8, 4) is 22.4 Å². The van der Waals surface area contributed by atoms with Gasteiger partial charge in [0.2, 0.25) is 0 Å². The van der Waals surface area contributed by atoms with Crippen LogP contribution in [0.3, 0.4) is 0 Å². The summed E-state index contributed by atoms with van der Waals surface area (Å²) in [6.45, 7) is 2.30. The molecule has 0 atom stereocenters.